The molecule has 1 aromatic rings. The van der Waals surface area contributed by atoms with Gasteiger partial charge < -0.3 is 5.11 Å². The number of aryl methyl sites for hydroxylation is 1. The minimum Gasteiger partial charge on any atom is -0.481 e. The molecule has 5 nitrogen and oxygen atoms in total. The van der Waals surface area contributed by atoms with Gasteiger partial charge >= 0.3 is 5.97 Å². The van der Waals surface area contributed by atoms with Gasteiger partial charge in [0.15, 0.2) is 0 Å². The van der Waals surface area contributed by atoms with E-state index >= 15 is 0 Å². The van der Waals surface area contributed by atoms with Crippen LogP contribution in [0.3, 0.4) is 0 Å². The van der Waals surface area contributed by atoms with Crippen molar-refractivity contribution in [3.05, 3.63) is 27.4 Å². The fourth-order valence-electron chi connectivity index (χ4n) is 1.88. The first-order chi connectivity index (χ1) is 8.82. The van der Waals surface area contributed by atoms with Gasteiger partial charge in [-0.2, -0.15) is 4.31 Å². The molecule has 1 aliphatic rings. The molecule has 0 bridgehead atoms. The predicted molar refractivity (Wildman–Crippen MR) is 73.1 cm³/mol. The zero-order valence-electron chi connectivity index (χ0n) is 10.0. The van der Waals surface area contributed by atoms with Crippen LogP contribution in [-0.4, -0.2) is 36.9 Å². The van der Waals surface area contributed by atoms with Crippen molar-refractivity contribution in [2.24, 2.45) is 5.92 Å². The van der Waals surface area contributed by atoms with E-state index in [2.05, 4.69) is 0 Å². The molecule has 0 radical (unpaired) electrons. The van der Waals surface area contributed by atoms with E-state index in [-0.39, 0.29) is 18.0 Å². The van der Waals surface area contributed by atoms with Gasteiger partial charge in [0.1, 0.15) is 0 Å². The molecule has 0 spiro atoms. The van der Waals surface area contributed by atoms with E-state index in [1.54, 1.807) is 13.0 Å². The maximum Gasteiger partial charge on any atom is 0.311 e. The summed E-state index contributed by atoms with van der Waals surface area (Å²) in [7, 11) is -3.69. The van der Waals surface area contributed by atoms with Crippen molar-refractivity contribution in [1.82, 2.24) is 4.31 Å². The smallest absolute Gasteiger partial charge is 0.311 e. The SMILES string of the molecule is Cc1sc(Cl)cc1S(=O)(=O)N1CC=CC(C(=O)O)C1. The van der Waals surface area contributed by atoms with Crippen LogP contribution in [0.5, 0.6) is 0 Å². The highest BCUT2D eigenvalue weighted by Crippen LogP contribution is 2.32. The molecule has 1 N–H and O–H groups in total. The molecular weight excluding hydrogens is 310 g/mol. The third kappa shape index (κ3) is 2.84. The number of thiophene rings is 1. The molecule has 0 aromatic carbocycles. The van der Waals surface area contributed by atoms with Crippen LogP contribution in [0.25, 0.3) is 0 Å². The Labute approximate surface area is 120 Å². The second-order valence-corrected chi connectivity index (χ2v) is 7.96. The molecule has 19 heavy (non-hydrogen) atoms. The summed E-state index contributed by atoms with van der Waals surface area (Å²) in [4.78, 5) is 11.7. The van der Waals surface area contributed by atoms with Gasteiger partial charge in [0.05, 0.1) is 15.1 Å². The highest BCUT2D eigenvalue weighted by Gasteiger charge is 2.32. The van der Waals surface area contributed by atoms with Crippen LogP contribution in [-0.2, 0) is 14.8 Å². The van der Waals surface area contributed by atoms with Crippen LogP contribution in [0.15, 0.2) is 23.1 Å². The van der Waals surface area contributed by atoms with Crippen molar-refractivity contribution in [1.29, 1.82) is 0 Å². The number of carbonyl (C=O) groups is 1. The summed E-state index contributed by atoms with van der Waals surface area (Å²) in [5, 5.41) is 8.96. The van der Waals surface area contributed by atoms with Crippen molar-refractivity contribution in [2.45, 2.75) is 11.8 Å². The number of carboxylic acids is 1. The van der Waals surface area contributed by atoms with Crippen molar-refractivity contribution in [2.75, 3.05) is 13.1 Å². The maximum atomic E-state index is 12.4. The molecule has 0 saturated heterocycles. The second kappa shape index (κ2) is 5.24. The largest absolute Gasteiger partial charge is 0.481 e. The number of nitrogens with zero attached hydrogens (tertiary/aromatic N) is 1. The summed E-state index contributed by atoms with van der Waals surface area (Å²) in [6.07, 6.45) is 3.07. The molecule has 1 unspecified atom stereocenters. The molecule has 0 amide bonds. The molecule has 8 heteroatoms. The first-order valence-corrected chi connectivity index (χ1v) is 8.11. The Morgan fingerprint density at radius 2 is 2.26 bits per heavy atom. The van der Waals surface area contributed by atoms with E-state index in [0.717, 1.165) is 4.31 Å². The molecular formula is C11H12ClNO4S2. The number of halogens is 1. The van der Waals surface area contributed by atoms with Crippen molar-refractivity contribution in [3.63, 3.8) is 0 Å². The van der Waals surface area contributed by atoms with Gasteiger partial charge in [-0.15, -0.1) is 11.3 Å². The van der Waals surface area contributed by atoms with Crippen LogP contribution in [0.1, 0.15) is 4.88 Å². The van der Waals surface area contributed by atoms with E-state index in [0.29, 0.717) is 9.21 Å². The molecule has 2 heterocycles. The van der Waals surface area contributed by atoms with Gasteiger partial charge in [-0.3, -0.25) is 4.79 Å². The Bertz CT molecular complexity index is 635. The Morgan fingerprint density at radius 3 is 2.79 bits per heavy atom. The molecule has 0 aliphatic carbocycles. The first kappa shape index (κ1) is 14.5. The van der Waals surface area contributed by atoms with Crippen molar-refractivity contribution in [3.8, 4) is 0 Å². The monoisotopic (exact) mass is 321 g/mol. The number of carboxylic acid groups (broad SMARTS) is 1. The zero-order chi connectivity index (χ0) is 14.2. The maximum absolute atomic E-state index is 12.4. The summed E-state index contributed by atoms with van der Waals surface area (Å²) >= 11 is 7.01. The van der Waals surface area contributed by atoms with E-state index in [4.69, 9.17) is 16.7 Å². The van der Waals surface area contributed by atoms with Gasteiger partial charge in [-0.05, 0) is 13.0 Å². The highest BCUT2D eigenvalue weighted by atomic mass is 35.5. The third-order valence-corrected chi connectivity index (χ3v) is 6.12. The van der Waals surface area contributed by atoms with Gasteiger partial charge in [-0.25, -0.2) is 8.42 Å². The van der Waals surface area contributed by atoms with Gasteiger partial charge in [0.25, 0.3) is 0 Å². The predicted octanol–water partition coefficient (Wildman–Crippen LogP) is 1.97. The van der Waals surface area contributed by atoms with Crippen molar-refractivity contribution < 1.29 is 18.3 Å². The lowest BCUT2D eigenvalue weighted by atomic mass is 10.1. The number of aliphatic carboxylic acids is 1. The minimum absolute atomic E-state index is 0.0545. The molecule has 2 rings (SSSR count). The van der Waals surface area contributed by atoms with Crippen LogP contribution in [0.4, 0.5) is 0 Å². The molecule has 0 fully saturated rings. The fourth-order valence-corrected chi connectivity index (χ4v) is 5.09. The zero-order valence-corrected chi connectivity index (χ0v) is 12.4. The van der Waals surface area contributed by atoms with Gasteiger partial charge in [0, 0.05) is 18.0 Å². The summed E-state index contributed by atoms with van der Waals surface area (Å²) in [6.45, 7) is 1.80. The Kier molecular flexibility index (Phi) is 4.00. The van der Waals surface area contributed by atoms with E-state index in [9.17, 15) is 13.2 Å². The number of sulfonamides is 1. The summed E-state index contributed by atoms with van der Waals surface area (Å²) in [6, 6.07) is 1.41. The summed E-state index contributed by atoms with van der Waals surface area (Å²) in [5.41, 5.74) is 0. The highest BCUT2D eigenvalue weighted by molar-refractivity contribution is 7.89. The minimum atomic E-state index is -3.69. The normalized spacial score (nSPS) is 20.6. The Hall–Kier alpha value is -0.890. The quantitative estimate of drug-likeness (QED) is 0.864. The summed E-state index contributed by atoms with van der Waals surface area (Å²) in [5.74, 6) is -1.84. The number of hydrogen-bond donors (Lipinski definition) is 1. The van der Waals surface area contributed by atoms with E-state index in [1.807, 2.05) is 0 Å². The lowest BCUT2D eigenvalue weighted by molar-refractivity contribution is -0.140. The Morgan fingerprint density at radius 1 is 1.58 bits per heavy atom. The van der Waals surface area contributed by atoms with Gasteiger partial charge in [0.2, 0.25) is 10.0 Å². The van der Waals surface area contributed by atoms with Crippen LogP contribution in [0.2, 0.25) is 4.34 Å². The second-order valence-electron chi connectivity index (χ2n) is 4.17. The number of rotatable bonds is 3. The first-order valence-electron chi connectivity index (χ1n) is 5.48. The molecule has 1 atom stereocenters. The lowest BCUT2D eigenvalue weighted by Crippen LogP contribution is -2.39. The number of hydrogen-bond acceptors (Lipinski definition) is 4. The van der Waals surface area contributed by atoms with E-state index < -0.39 is 21.9 Å². The third-order valence-electron chi connectivity index (χ3n) is 2.85. The molecule has 1 aliphatic heterocycles. The van der Waals surface area contributed by atoms with Crippen LogP contribution >= 0.6 is 22.9 Å². The van der Waals surface area contributed by atoms with Crippen LogP contribution < -0.4 is 0 Å². The topological polar surface area (TPSA) is 74.7 Å². The average Bonchev–Trinajstić information content (AvgIpc) is 2.69. The average molecular weight is 322 g/mol. The van der Waals surface area contributed by atoms with Gasteiger partial charge in [-0.1, -0.05) is 23.8 Å². The van der Waals surface area contributed by atoms with Crippen LogP contribution in [0, 0.1) is 12.8 Å². The summed E-state index contributed by atoms with van der Waals surface area (Å²) < 4.78 is 26.4. The lowest BCUT2D eigenvalue weighted by Gasteiger charge is -2.26. The standard InChI is InChI=1S/C11H12ClNO4S2/c1-7-9(5-10(12)18-7)19(16,17)13-4-2-3-8(6-13)11(14)15/h2-3,5,8H,4,6H2,1H3,(H,14,15). The Balaban J connectivity index is 2.33. The van der Waals surface area contributed by atoms with E-state index in [1.165, 1.54) is 23.5 Å². The molecule has 1 aromatic heterocycles. The molecule has 104 valence electrons. The molecule has 0 saturated carbocycles. The van der Waals surface area contributed by atoms with Crippen molar-refractivity contribution >= 4 is 38.9 Å². The fraction of sp³-hybridized carbons (Fsp3) is 0.364.